The van der Waals surface area contributed by atoms with Gasteiger partial charge in [0.15, 0.2) is 0 Å². The monoisotopic (exact) mass is 149 g/mol. The molecule has 0 unspecified atom stereocenters. The number of benzene rings is 1. The van der Waals surface area contributed by atoms with Crippen molar-refractivity contribution >= 4 is 5.69 Å². The summed E-state index contributed by atoms with van der Waals surface area (Å²) in [4.78, 5) is 10.3. The highest BCUT2D eigenvalue weighted by atomic mass is 16.3. The van der Waals surface area contributed by atoms with Gasteiger partial charge < -0.3 is 0 Å². The Kier molecular flexibility index (Phi) is 2.36. The van der Waals surface area contributed by atoms with Crippen LogP contribution in [0.3, 0.4) is 0 Å². The quantitative estimate of drug-likeness (QED) is 0.594. The molecule has 1 rings (SSSR count). The van der Waals surface area contributed by atoms with Gasteiger partial charge in [0.1, 0.15) is 5.69 Å². The zero-order chi connectivity index (χ0) is 8.27. The first-order chi connectivity index (χ1) is 5.29. The number of hydrogen-bond acceptors (Lipinski definition) is 2. The van der Waals surface area contributed by atoms with Crippen LogP contribution in [0.5, 0.6) is 0 Å². The highest BCUT2D eigenvalue weighted by Gasteiger charge is 2.01. The van der Waals surface area contributed by atoms with Crippen LogP contribution in [0.25, 0.3) is 0 Å². The van der Waals surface area contributed by atoms with Gasteiger partial charge in [-0.3, -0.25) is 0 Å². The third-order valence-corrected chi connectivity index (χ3v) is 1.84. The van der Waals surface area contributed by atoms with Crippen molar-refractivity contribution in [2.45, 2.75) is 20.3 Å². The van der Waals surface area contributed by atoms with Crippen LogP contribution in [0.4, 0.5) is 5.69 Å². The van der Waals surface area contributed by atoms with E-state index in [0.717, 1.165) is 17.5 Å². The highest BCUT2D eigenvalue weighted by Crippen LogP contribution is 2.22. The maximum atomic E-state index is 10.3. The molecule has 0 heterocycles. The molecule has 0 N–H and O–H groups in total. The van der Waals surface area contributed by atoms with Crippen LogP contribution >= 0.6 is 0 Å². The molecule has 0 saturated heterocycles. The summed E-state index contributed by atoms with van der Waals surface area (Å²) in [5.74, 6) is 0. The van der Waals surface area contributed by atoms with E-state index >= 15 is 0 Å². The highest BCUT2D eigenvalue weighted by molar-refractivity contribution is 5.49. The fraction of sp³-hybridized carbons (Fsp3) is 0.333. The van der Waals surface area contributed by atoms with E-state index < -0.39 is 0 Å². The van der Waals surface area contributed by atoms with E-state index in [4.69, 9.17) is 0 Å². The summed E-state index contributed by atoms with van der Waals surface area (Å²) in [7, 11) is 0. The van der Waals surface area contributed by atoms with Crippen LogP contribution in [0.2, 0.25) is 0 Å². The first-order valence-corrected chi connectivity index (χ1v) is 3.71. The number of aryl methyl sites for hydroxylation is 1. The molecule has 0 spiro atoms. The smallest absolute Gasteiger partial charge is 0.111 e. The Morgan fingerprint density at radius 2 is 2.18 bits per heavy atom. The van der Waals surface area contributed by atoms with Crippen molar-refractivity contribution in [2.24, 2.45) is 5.18 Å². The second-order valence-electron chi connectivity index (χ2n) is 2.52. The van der Waals surface area contributed by atoms with Crippen molar-refractivity contribution in [1.29, 1.82) is 0 Å². The summed E-state index contributed by atoms with van der Waals surface area (Å²) in [6.07, 6.45) is 0.869. The van der Waals surface area contributed by atoms with Crippen molar-refractivity contribution in [1.82, 2.24) is 0 Å². The largest absolute Gasteiger partial charge is 0.145 e. The zero-order valence-electron chi connectivity index (χ0n) is 6.79. The van der Waals surface area contributed by atoms with Gasteiger partial charge in [-0.1, -0.05) is 19.1 Å². The average molecular weight is 149 g/mol. The molecule has 0 aliphatic heterocycles. The van der Waals surface area contributed by atoms with Gasteiger partial charge in [-0.25, -0.2) is 0 Å². The van der Waals surface area contributed by atoms with E-state index in [-0.39, 0.29) is 0 Å². The van der Waals surface area contributed by atoms with Gasteiger partial charge in [0, 0.05) is 0 Å². The predicted octanol–water partition coefficient (Wildman–Crippen LogP) is 2.96. The van der Waals surface area contributed by atoms with Crippen LogP contribution in [-0.4, -0.2) is 0 Å². The molecule has 0 amide bonds. The molecule has 0 atom stereocenters. The summed E-state index contributed by atoms with van der Waals surface area (Å²) in [5.41, 5.74) is 2.78. The Morgan fingerprint density at radius 3 is 2.64 bits per heavy atom. The minimum atomic E-state index is 0.576. The third-order valence-electron chi connectivity index (χ3n) is 1.84. The summed E-state index contributed by atoms with van der Waals surface area (Å²) in [6, 6.07) is 5.59. The van der Waals surface area contributed by atoms with Crippen molar-refractivity contribution in [3.05, 3.63) is 34.2 Å². The van der Waals surface area contributed by atoms with Crippen LogP contribution in [0, 0.1) is 11.8 Å². The number of rotatable bonds is 2. The third kappa shape index (κ3) is 1.45. The molecule has 0 fully saturated rings. The summed E-state index contributed by atoms with van der Waals surface area (Å²) < 4.78 is 0. The van der Waals surface area contributed by atoms with E-state index in [1.165, 1.54) is 0 Å². The number of hydrogen-bond donors (Lipinski definition) is 0. The molecule has 11 heavy (non-hydrogen) atoms. The fourth-order valence-corrected chi connectivity index (χ4v) is 1.23. The lowest BCUT2D eigenvalue weighted by atomic mass is 10.0. The Morgan fingerprint density at radius 1 is 1.45 bits per heavy atom. The summed E-state index contributed by atoms with van der Waals surface area (Å²) >= 11 is 0. The molecule has 1 aromatic carbocycles. The maximum absolute atomic E-state index is 10.3. The lowest BCUT2D eigenvalue weighted by molar-refractivity contribution is 1.10. The molecule has 58 valence electrons. The minimum Gasteiger partial charge on any atom is -0.145 e. The van der Waals surface area contributed by atoms with Crippen LogP contribution in [0.15, 0.2) is 23.4 Å². The molecule has 1 aromatic rings. The lowest BCUT2D eigenvalue weighted by Crippen LogP contribution is -1.85. The van der Waals surface area contributed by atoms with Gasteiger partial charge in [0.2, 0.25) is 0 Å². The summed E-state index contributed by atoms with van der Waals surface area (Å²) in [6.45, 7) is 4.02. The minimum absolute atomic E-state index is 0.576. The topological polar surface area (TPSA) is 29.4 Å². The van der Waals surface area contributed by atoms with Gasteiger partial charge >= 0.3 is 0 Å². The fourth-order valence-electron chi connectivity index (χ4n) is 1.23. The Balaban J connectivity index is 3.23. The van der Waals surface area contributed by atoms with Crippen LogP contribution in [0.1, 0.15) is 18.1 Å². The Bertz CT molecular complexity index is 268. The van der Waals surface area contributed by atoms with Gasteiger partial charge in [-0.2, -0.15) is 0 Å². The van der Waals surface area contributed by atoms with E-state index in [2.05, 4.69) is 5.18 Å². The predicted molar refractivity (Wildman–Crippen MR) is 46.0 cm³/mol. The molecule has 2 nitrogen and oxygen atoms in total. The Hall–Kier alpha value is -1.18. The molecule has 0 bridgehead atoms. The normalized spacial score (nSPS) is 9.64. The average Bonchev–Trinajstić information content (AvgIpc) is 2.04. The first-order valence-electron chi connectivity index (χ1n) is 3.71. The molecule has 0 radical (unpaired) electrons. The lowest BCUT2D eigenvalue weighted by Gasteiger charge is -2.02. The van der Waals surface area contributed by atoms with Crippen LogP contribution in [-0.2, 0) is 6.42 Å². The van der Waals surface area contributed by atoms with Gasteiger partial charge in [0.05, 0.1) is 0 Å². The van der Waals surface area contributed by atoms with E-state index in [9.17, 15) is 4.91 Å². The second-order valence-corrected chi connectivity index (χ2v) is 2.52. The van der Waals surface area contributed by atoms with Crippen molar-refractivity contribution in [3.8, 4) is 0 Å². The number of nitroso groups, excluding NO2 is 1. The molecule has 0 saturated carbocycles. The summed E-state index contributed by atoms with van der Waals surface area (Å²) in [5, 5.41) is 2.95. The van der Waals surface area contributed by atoms with Crippen molar-refractivity contribution in [2.75, 3.05) is 0 Å². The standard InChI is InChI=1S/C9H11NO/c1-3-8-7(2)5-4-6-9(8)10-11/h4-6H,3H2,1-2H3. The molecule has 2 heteroatoms. The molecular formula is C9H11NO. The first kappa shape index (κ1) is 7.92. The molecular weight excluding hydrogens is 138 g/mol. The molecule has 0 aliphatic carbocycles. The van der Waals surface area contributed by atoms with Gasteiger partial charge in [0.25, 0.3) is 0 Å². The zero-order valence-corrected chi connectivity index (χ0v) is 6.79. The second kappa shape index (κ2) is 3.28. The molecule has 0 aliphatic rings. The van der Waals surface area contributed by atoms with Gasteiger partial charge in [-0.05, 0) is 35.7 Å². The maximum Gasteiger partial charge on any atom is 0.111 e. The SMILES string of the molecule is CCc1c(C)cccc1N=O. The van der Waals surface area contributed by atoms with E-state index in [0.29, 0.717) is 5.69 Å². The van der Waals surface area contributed by atoms with Crippen molar-refractivity contribution in [3.63, 3.8) is 0 Å². The van der Waals surface area contributed by atoms with Gasteiger partial charge in [-0.15, -0.1) is 4.91 Å². The van der Waals surface area contributed by atoms with Crippen molar-refractivity contribution < 1.29 is 0 Å². The number of nitrogens with zero attached hydrogens (tertiary/aromatic N) is 1. The van der Waals surface area contributed by atoms with E-state index in [1.807, 2.05) is 26.0 Å². The van der Waals surface area contributed by atoms with Crippen LogP contribution < -0.4 is 0 Å². The Labute approximate surface area is 66.2 Å². The molecule has 0 aromatic heterocycles. The van der Waals surface area contributed by atoms with E-state index in [1.54, 1.807) is 6.07 Å².